The molecular weight excluding hydrogens is 363 g/mol. The number of hydrogen-bond acceptors (Lipinski definition) is 1. The van der Waals surface area contributed by atoms with Crippen molar-refractivity contribution in [3.8, 4) is 22.3 Å². The van der Waals surface area contributed by atoms with Crippen molar-refractivity contribution in [2.75, 3.05) is 0 Å². The van der Waals surface area contributed by atoms with Crippen LogP contribution in [0.3, 0.4) is 0 Å². The van der Waals surface area contributed by atoms with Gasteiger partial charge in [-0.2, -0.15) is 6.07 Å². The molecule has 0 N–H and O–H groups in total. The molecule has 1 heterocycles. The van der Waals surface area contributed by atoms with Crippen LogP contribution in [0.2, 0.25) is 0 Å². The normalized spacial score (nSPS) is 9.20. The van der Waals surface area contributed by atoms with Gasteiger partial charge in [-0.1, -0.05) is 72.6 Å². The summed E-state index contributed by atoms with van der Waals surface area (Å²) in [6.45, 7) is 0. The summed E-state index contributed by atoms with van der Waals surface area (Å²) in [6, 6.07) is 22.8. The molecule has 0 atom stereocenters. The molecule has 3 rings (SSSR count). The number of rotatable bonds is 2. The van der Waals surface area contributed by atoms with Crippen LogP contribution >= 0.6 is 17.0 Å². The van der Waals surface area contributed by atoms with E-state index in [0.29, 0.717) is 0 Å². The second-order valence-electron chi connectivity index (χ2n) is 4.12. The van der Waals surface area contributed by atoms with E-state index in [9.17, 15) is 0 Å². The zero-order valence-electron chi connectivity index (χ0n) is 11.0. The second kappa shape index (κ2) is 8.09. The third-order valence-corrected chi connectivity index (χ3v) is 2.95. The van der Waals surface area contributed by atoms with Crippen LogP contribution in [0.15, 0.2) is 72.9 Å². The molecule has 20 heavy (non-hydrogen) atoms. The van der Waals surface area contributed by atoms with Gasteiger partial charge in [0.05, 0.1) is 0 Å². The average molecular weight is 377 g/mol. The van der Waals surface area contributed by atoms with Crippen LogP contribution in [0.25, 0.3) is 22.3 Å². The summed E-state index contributed by atoms with van der Waals surface area (Å²) >= 11 is 0. The fourth-order valence-electron chi connectivity index (χ4n) is 1.98. The maximum atomic E-state index is 3.91. The Morgan fingerprint density at radius 1 is 0.650 bits per heavy atom. The Morgan fingerprint density at radius 3 is 1.75 bits per heavy atom. The average Bonchev–Trinajstić information content (AvgIpc) is 2.49. The quantitative estimate of drug-likeness (QED) is 0.463. The minimum absolute atomic E-state index is 0. The molecule has 0 aliphatic rings. The van der Waals surface area contributed by atoms with Gasteiger partial charge in [0, 0.05) is 19.5 Å². The maximum absolute atomic E-state index is 3.91. The Labute approximate surface area is 142 Å². The van der Waals surface area contributed by atoms with Crippen molar-refractivity contribution in [3.63, 3.8) is 0 Å². The van der Waals surface area contributed by atoms with Crippen molar-refractivity contribution >= 4 is 17.0 Å². The van der Waals surface area contributed by atoms with Gasteiger partial charge in [0.15, 0.2) is 0 Å². The zero-order valence-corrected chi connectivity index (χ0v) is 15.7. The first-order chi connectivity index (χ1) is 8.93. The molecule has 0 saturated carbocycles. The predicted octanol–water partition coefficient (Wildman–Crippen LogP) is 4.79. The van der Waals surface area contributed by atoms with Gasteiger partial charge in [0.1, 0.15) is 0 Å². The zero-order chi connectivity index (χ0) is 12.2. The summed E-state index contributed by atoms with van der Waals surface area (Å²) in [5, 5.41) is 0. The first-order valence-electron chi connectivity index (χ1n) is 5.91. The number of aromatic nitrogens is 1. The van der Waals surface area contributed by atoms with Crippen molar-refractivity contribution in [1.29, 1.82) is 0 Å². The van der Waals surface area contributed by atoms with Crippen molar-refractivity contribution in [2.24, 2.45) is 0 Å². The van der Waals surface area contributed by atoms with Gasteiger partial charge in [-0.25, -0.2) is 0 Å². The van der Waals surface area contributed by atoms with Crippen molar-refractivity contribution in [2.45, 2.75) is 0 Å². The molecule has 0 fully saturated rings. The van der Waals surface area contributed by atoms with Gasteiger partial charge in [0.25, 0.3) is 0 Å². The minimum Gasteiger partial charge on any atom is -0.394 e. The molecule has 0 bridgehead atoms. The first-order valence-corrected chi connectivity index (χ1v) is 5.91. The molecule has 3 aromatic rings. The standard InChI is InChI=1S/C17H12N.BrH.Zn/c1-2-4-14(5-3-1)15-6-8-16(9-7-15)17-10-12-18-13-11-17;;/h1-12H;1H;/q-1;;. The van der Waals surface area contributed by atoms with E-state index in [4.69, 9.17) is 0 Å². The first kappa shape index (κ1) is 16.7. The summed E-state index contributed by atoms with van der Waals surface area (Å²) in [7, 11) is 0. The van der Waals surface area contributed by atoms with Crippen LogP contribution in [0, 0.1) is 6.20 Å². The predicted molar refractivity (Wildman–Crippen MR) is 84.3 cm³/mol. The molecule has 0 aliphatic carbocycles. The van der Waals surface area contributed by atoms with E-state index in [2.05, 4.69) is 59.7 Å². The maximum Gasteiger partial charge on any atom is 0 e. The Hall–Kier alpha value is -1.31. The fraction of sp³-hybridized carbons (Fsp3) is 0. The minimum atomic E-state index is 0. The van der Waals surface area contributed by atoms with E-state index in [1.54, 1.807) is 6.20 Å². The monoisotopic (exact) mass is 374 g/mol. The van der Waals surface area contributed by atoms with Crippen molar-refractivity contribution in [1.82, 2.24) is 4.98 Å². The third-order valence-electron chi connectivity index (χ3n) is 2.95. The Kier molecular flexibility index (Phi) is 6.77. The fourth-order valence-corrected chi connectivity index (χ4v) is 1.98. The van der Waals surface area contributed by atoms with Gasteiger partial charge >= 0.3 is 0 Å². The Bertz CT molecular complexity index is 566. The number of nitrogens with zero attached hydrogens (tertiary/aromatic N) is 1. The van der Waals surface area contributed by atoms with E-state index in [0.717, 1.165) is 5.56 Å². The smallest absolute Gasteiger partial charge is 0 e. The summed E-state index contributed by atoms with van der Waals surface area (Å²) in [4.78, 5) is 3.91. The SMILES string of the molecule is Br.[Zn].[c-]1cc(-c2ccc(-c3ccccc3)cc2)ccn1. The van der Waals surface area contributed by atoms with E-state index in [1.807, 2.05) is 18.2 Å². The molecule has 0 aliphatic heterocycles. The number of hydrogen-bond donors (Lipinski definition) is 0. The van der Waals surface area contributed by atoms with Crippen LogP contribution in [0.1, 0.15) is 0 Å². The van der Waals surface area contributed by atoms with Gasteiger partial charge in [-0.3, -0.25) is 0 Å². The van der Waals surface area contributed by atoms with Crippen LogP contribution in [-0.2, 0) is 19.5 Å². The van der Waals surface area contributed by atoms with Crippen molar-refractivity contribution < 1.29 is 19.5 Å². The van der Waals surface area contributed by atoms with Gasteiger partial charge in [-0.15, -0.1) is 28.6 Å². The molecule has 1 nitrogen and oxygen atoms in total. The topological polar surface area (TPSA) is 12.9 Å². The van der Waals surface area contributed by atoms with Crippen LogP contribution < -0.4 is 0 Å². The number of pyridine rings is 1. The molecular formula is C17H13BrNZn-. The summed E-state index contributed by atoms with van der Waals surface area (Å²) in [5.74, 6) is 0. The van der Waals surface area contributed by atoms with E-state index >= 15 is 0 Å². The Morgan fingerprint density at radius 2 is 1.20 bits per heavy atom. The molecule has 0 radical (unpaired) electrons. The van der Waals surface area contributed by atoms with E-state index < -0.39 is 0 Å². The largest absolute Gasteiger partial charge is 0.394 e. The van der Waals surface area contributed by atoms with Gasteiger partial charge in [0.2, 0.25) is 0 Å². The summed E-state index contributed by atoms with van der Waals surface area (Å²) in [5.41, 5.74) is 4.81. The summed E-state index contributed by atoms with van der Waals surface area (Å²) < 4.78 is 0. The molecule has 0 saturated heterocycles. The molecule has 0 unspecified atom stereocenters. The van der Waals surface area contributed by atoms with Gasteiger partial charge in [-0.05, 0) is 11.1 Å². The second-order valence-corrected chi connectivity index (χ2v) is 4.12. The third kappa shape index (κ3) is 3.85. The van der Waals surface area contributed by atoms with E-state index in [1.165, 1.54) is 16.7 Å². The molecule has 1 aromatic heterocycles. The molecule has 0 spiro atoms. The number of halogens is 1. The molecule has 96 valence electrons. The number of benzene rings is 2. The molecule has 3 heteroatoms. The van der Waals surface area contributed by atoms with Crippen LogP contribution in [0.4, 0.5) is 0 Å². The Balaban J connectivity index is 0.000001000. The molecule has 0 amide bonds. The van der Waals surface area contributed by atoms with Crippen molar-refractivity contribution in [3.05, 3.63) is 79.1 Å². The van der Waals surface area contributed by atoms with E-state index in [-0.39, 0.29) is 36.5 Å². The molecule has 2 aromatic carbocycles. The summed E-state index contributed by atoms with van der Waals surface area (Å²) in [6.07, 6.45) is 4.62. The van der Waals surface area contributed by atoms with Crippen LogP contribution in [-0.4, -0.2) is 4.98 Å². The van der Waals surface area contributed by atoms with Gasteiger partial charge < -0.3 is 4.98 Å². The van der Waals surface area contributed by atoms with Crippen LogP contribution in [0.5, 0.6) is 0 Å².